The van der Waals surface area contributed by atoms with E-state index in [1.165, 1.54) is 5.56 Å². The van der Waals surface area contributed by atoms with Gasteiger partial charge in [-0.3, -0.25) is 19.7 Å². The number of hydrogen-bond donors (Lipinski definition) is 1. The maximum Gasteiger partial charge on any atom is 0.228 e. The summed E-state index contributed by atoms with van der Waals surface area (Å²) < 4.78 is 0. The van der Waals surface area contributed by atoms with E-state index in [0.717, 1.165) is 35.4 Å². The number of carbonyl (C=O) groups excluding carboxylic acids is 2. The van der Waals surface area contributed by atoms with Crippen LogP contribution in [0, 0.1) is 5.92 Å². The van der Waals surface area contributed by atoms with Crippen LogP contribution in [0.1, 0.15) is 23.2 Å². The van der Waals surface area contributed by atoms with Gasteiger partial charge in [0.2, 0.25) is 11.8 Å². The highest BCUT2D eigenvalue weighted by atomic mass is 16.2. The van der Waals surface area contributed by atoms with Crippen LogP contribution < -0.4 is 0 Å². The molecule has 1 unspecified atom stereocenters. The summed E-state index contributed by atoms with van der Waals surface area (Å²) in [7, 11) is 0. The van der Waals surface area contributed by atoms with Crippen LogP contribution in [0.5, 0.6) is 0 Å². The van der Waals surface area contributed by atoms with Gasteiger partial charge in [0.1, 0.15) is 0 Å². The lowest BCUT2D eigenvalue weighted by atomic mass is 10.0. The topological polar surface area (TPSA) is 82.2 Å². The monoisotopic (exact) mass is 415 g/mol. The van der Waals surface area contributed by atoms with Crippen molar-refractivity contribution in [2.24, 2.45) is 5.92 Å². The van der Waals surface area contributed by atoms with Crippen molar-refractivity contribution in [1.29, 1.82) is 0 Å². The average molecular weight is 415 g/mol. The zero-order chi connectivity index (χ0) is 21.2. The summed E-state index contributed by atoms with van der Waals surface area (Å²) in [4.78, 5) is 33.5. The molecule has 7 nitrogen and oxygen atoms in total. The molecular formula is C24H25N5O2. The maximum atomic E-state index is 13.2. The van der Waals surface area contributed by atoms with E-state index < -0.39 is 0 Å². The summed E-state index contributed by atoms with van der Waals surface area (Å²) >= 11 is 0. The Bertz CT molecular complexity index is 1080. The number of H-pyrrole nitrogens is 1. The first kappa shape index (κ1) is 19.5. The first-order valence-corrected chi connectivity index (χ1v) is 10.8. The van der Waals surface area contributed by atoms with Crippen LogP contribution in [0.4, 0.5) is 0 Å². The molecule has 158 valence electrons. The van der Waals surface area contributed by atoms with Crippen molar-refractivity contribution in [3.63, 3.8) is 0 Å². The van der Waals surface area contributed by atoms with Gasteiger partial charge in [-0.05, 0) is 18.1 Å². The van der Waals surface area contributed by atoms with Gasteiger partial charge in [0, 0.05) is 68.2 Å². The van der Waals surface area contributed by atoms with E-state index >= 15 is 0 Å². The minimum Gasteiger partial charge on any atom is -0.342 e. The molecule has 0 aliphatic carbocycles. The van der Waals surface area contributed by atoms with E-state index in [4.69, 9.17) is 0 Å². The fourth-order valence-corrected chi connectivity index (χ4v) is 4.60. The smallest absolute Gasteiger partial charge is 0.228 e. The molecule has 2 aromatic heterocycles. The Morgan fingerprint density at radius 1 is 1.10 bits per heavy atom. The molecule has 2 aliphatic rings. The number of aromatic amines is 1. The SMILES string of the molecule is O=C1CC(C(=O)N2CCc3[nH]nc(-c4ccccc4)c3CC2)CN1Cc1cccnc1. The largest absolute Gasteiger partial charge is 0.342 e. The molecule has 1 N–H and O–H groups in total. The number of nitrogens with one attached hydrogen (secondary N) is 1. The van der Waals surface area contributed by atoms with Crippen molar-refractivity contribution >= 4 is 11.8 Å². The zero-order valence-electron chi connectivity index (χ0n) is 17.3. The van der Waals surface area contributed by atoms with Crippen LogP contribution >= 0.6 is 0 Å². The fraction of sp³-hybridized carbons (Fsp3) is 0.333. The van der Waals surface area contributed by atoms with Crippen molar-refractivity contribution in [2.45, 2.75) is 25.8 Å². The minimum absolute atomic E-state index is 0.0396. The zero-order valence-corrected chi connectivity index (χ0v) is 17.3. The number of nitrogens with zero attached hydrogens (tertiary/aromatic N) is 4. The fourth-order valence-electron chi connectivity index (χ4n) is 4.60. The average Bonchev–Trinajstić information content (AvgIpc) is 3.31. The quantitative estimate of drug-likeness (QED) is 0.710. The van der Waals surface area contributed by atoms with E-state index in [1.54, 1.807) is 17.3 Å². The maximum absolute atomic E-state index is 13.2. The van der Waals surface area contributed by atoms with Gasteiger partial charge < -0.3 is 9.80 Å². The van der Waals surface area contributed by atoms with Crippen LogP contribution in [0.15, 0.2) is 54.9 Å². The summed E-state index contributed by atoms with van der Waals surface area (Å²) in [5.74, 6) is -0.147. The molecule has 1 aromatic carbocycles. The van der Waals surface area contributed by atoms with Gasteiger partial charge in [0.25, 0.3) is 0 Å². The highest BCUT2D eigenvalue weighted by Crippen LogP contribution is 2.28. The summed E-state index contributed by atoms with van der Waals surface area (Å²) in [6.07, 6.45) is 5.29. The highest BCUT2D eigenvalue weighted by Gasteiger charge is 2.37. The Morgan fingerprint density at radius 3 is 2.74 bits per heavy atom. The lowest BCUT2D eigenvalue weighted by Crippen LogP contribution is -2.39. The lowest BCUT2D eigenvalue weighted by molar-refractivity contribution is -0.135. The molecule has 5 rings (SSSR count). The normalized spacial score (nSPS) is 18.7. The number of amides is 2. The van der Waals surface area contributed by atoms with Gasteiger partial charge in [0.05, 0.1) is 11.6 Å². The predicted octanol–water partition coefficient (Wildman–Crippen LogP) is 2.45. The van der Waals surface area contributed by atoms with Gasteiger partial charge in [-0.25, -0.2) is 0 Å². The van der Waals surface area contributed by atoms with E-state index in [-0.39, 0.29) is 24.2 Å². The molecule has 0 spiro atoms. The Labute approximate surface area is 181 Å². The van der Waals surface area contributed by atoms with Gasteiger partial charge in [-0.15, -0.1) is 0 Å². The number of likely N-dealkylation sites (tertiary alicyclic amines) is 1. The number of pyridine rings is 1. The molecule has 1 fully saturated rings. The standard InChI is InChI=1S/C24H25N5O2/c30-22-13-19(16-29(22)15-17-5-4-10-25-14-17)24(31)28-11-8-20-21(9-12-28)26-27-23(20)18-6-2-1-3-7-18/h1-7,10,14,19H,8-9,11-13,15-16H2,(H,26,27). The molecule has 2 aliphatic heterocycles. The molecule has 1 atom stereocenters. The van der Waals surface area contributed by atoms with E-state index in [0.29, 0.717) is 26.2 Å². The molecule has 0 saturated carbocycles. The van der Waals surface area contributed by atoms with E-state index in [9.17, 15) is 9.59 Å². The van der Waals surface area contributed by atoms with Crippen molar-refractivity contribution in [3.05, 3.63) is 71.7 Å². The summed E-state index contributed by atoms with van der Waals surface area (Å²) in [6, 6.07) is 14.0. The molecule has 0 bridgehead atoms. The second kappa shape index (κ2) is 8.34. The molecule has 7 heteroatoms. The molecular weight excluding hydrogens is 390 g/mol. The van der Waals surface area contributed by atoms with Crippen molar-refractivity contribution < 1.29 is 9.59 Å². The molecule has 0 radical (unpaired) electrons. The summed E-state index contributed by atoms with van der Waals surface area (Å²) in [5.41, 5.74) is 5.35. The van der Waals surface area contributed by atoms with Gasteiger partial charge in [-0.2, -0.15) is 5.10 Å². The summed E-state index contributed by atoms with van der Waals surface area (Å²) in [6.45, 7) is 2.28. The number of fused-ring (bicyclic) bond motifs is 1. The Balaban J connectivity index is 1.25. The summed E-state index contributed by atoms with van der Waals surface area (Å²) in [5, 5.41) is 7.71. The Morgan fingerprint density at radius 2 is 1.94 bits per heavy atom. The number of carbonyl (C=O) groups is 2. The number of benzene rings is 1. The third kappa shape index (κ3) is 3.95. The Hall–Kier alpha value is -3.48. The van der Waals surface area contributed by atoms with Crippen molar-refractivity contribution in [3.8, 4) is 11.3 Å². The second-order valence-corrected chi connectivity index (χ2v) is 8.26. The Kier molecular flexibility index (Phi) is 5.24. The lowest BCUT2D eigenvalue weighted by Gasteiger charge is -2.24. The molecule has 1 saturated heterocycles. The van der Waals surface area contributed by atoms with Crippen LogP contribution in [-0.2, 0) is 29.0 Å². The van der Waals surface area contributed by atoms with Gasteiger partial charge in [-0.1, -0.05) is 36.4 Å². The number of aromatic nitrogens is 3. The van der Waals surface area contributed by atoms with Crippen LogP contribution in [0.3, 0.4) is 0 Å². The van der Waals surface area contributed by atoms with Gasteiger partial charge in [0.15, 0.2) is 0 Å². The highest BCUT2D eigenvalue weighted by molar-refractivity contribution is 5.89. The molecule has 2 amide bonds. The molecule has 3 aromatic rings. The van der Waals surface area contributed by atoms with Crippen LogP contribution in [0.2, 0.25) is 0 Å². The first-order chi connectivity index (χ1) is 15.2. The molecule has 31 heavy (non-hydrogen) atoms. The van der Waals surface area contributed by atoms with Crippen molar-refractivity contribution in [1.82, 2.24) is 25.0 Å². The third-order valence-electron chi connectivity index (χ3n) is 6.24. The predicted molar refractivity (Wildman–Crippen MR) is 116 cm³/mol. The first-order valence-electron chi connectivity index (χ1n) is 10.8. The van der Waals surface area contributed by atoms with Crippen LogP contribution in [0.25, 0.3) is 11.3 Å². The number of hydrogen-bond acceptors (Lipinski definition) is 4. The van der Waals surface area contributed by atoms with E-state index in [1.807, 2.05) is 35.2 Å². The van der Waals surface area contributed by atoms with Gasteiger partial charge >= 0.3 is 0 Å². The van der Waals surface area contributed by atoms with Crippen molar-refractivity contribution in [2.75, 3.05) is 19.6 Å². The third-order valence-corrected chi connectivity index (χ3v) is 6.24. The minimum atomic E-state index is -0.271. The van der Waals surface area contributed by atoms with E-state index in [2.05, 4.69) is 27.3 Å². The second-order valence-electron chi connectivity index (χ2n) is 8.26. The van der Waals surface area contributed by atoms with Crippen LogP contribution in [-0.4, -0.2) is 56.4 Å². The molecule has 4 heterocycles. The number of rotatable bonds is 4.